The number of hydrogen-bond donors (Lipinski definition) is 2. The first-order valence-electron chi connectivity index (χ1n) is 8.56. The second-order valence-corrected chi connectivity index (χ2v) is 7.18. The third kappa shape index (κ3) is 4.23. The number of carbonyl (C=O) groups is 3. The molecular formula is C18H19F3N2O4. The van der Waals surface area contributed by atoms with Crippen molar-refractivity contribution in [2.24, 2.45) is 11.3 Å². The zero-order valence-corrected chi connectivity index (χ0v) is 14.4. The SMILES string of the molecule is O=C(NCC1(C(=O)O)CC1)C1CC(=O)N(Cc2cccc(C(F)(F)F)c2)C1. The topological polar surface area (TPSA) is 86.7 Å². The number of aliphatic carboxylic acids is 1. The Balaban J connectivity index is 1.57. The van der Waals surface area contributed by atoms with Gasteiger partial charge in [0.05, 0.1) is 16.9 Å². The molecule has 0 aromatic heterocycles. The average molecular weight is 384 g/mol. The van der Waals surface area contributed by atoms with Crippen LogP contribution in [0.5, 0.6) is 0 Å². The molecule has 1 saturated carbocycles. The number of nitrogens with one attached hydrogen (secondary N) is 1. The van der Waals surface area contributed by atoms with E-state index in [0.29, 0.717) is 18.4 Å². The minimum atomic E-state index is -4.46. The summed E-state index contributed by atoms with van der Waals surface area (Å²) < 4.78 is 38.4. The molecule has 2 aliphatic rings. The molecule has 1 saturated heterocycles. The summed E-state index contributed by atoms with van der Waals surface area (Å²) in [6, 6.07) is 4.73. The summed E-state index contributed by atoms with van der Waals surface area (Å²) >= 11 is 0. The Kier molecular flexibility index (Phi) is 4.88. The molecule has 1 atom stereocenters. The Labute approximate surface area is 153 Å². The number of carbonyl (C=O) groups excluding carboxylic acids is 2. The highest BCUT2D eigenvalue weighted by Crippen LogP contribution is 2.45. The summed E-state index contributed by atoms with van der Waals surface area (Å²) in [4.78, 5) is 36.8. The molecule has 3 rings (SSSR count). The van der Waals surface area contributed by atoms with Gasteiger partial charge in [-0.2, -0.15) is 13.2 Å². The molecule has 2 N–H and O–H groups in total. The number of likely N-dealkylation sites (tertiary alicyclic amines) is 1. The van der Waals surface area contributed by atoms with Gasteiger partial charge in [-0.05, 0) is 30.5 Å². The normalized spacial score (nSPS) is 21.2. The molecule has 146 valence electrons. The third-order valence-corrected chi connectivity index (χ3v) is 5.12. The summed E-state index contributed by atoms with van der Waals surface area (Å²) in [5, 5.41) is 11.7. The molecule has 1 heterocycles. The highest BCUT2D eigenvalue weighted by molar-refractivity contribution is 5.89. The molecule has 0 bridgehead atoms. The Bertz CT molecular complexity index is 774. The maximum atomic E-state index is 12.8. The smallest absolute Gasteiger partial charge is 0.416 e. The fourth-order valence-electron chi connectivity index (χ4n) is 3.18. The first-order chi connectivity index (χ1) is 12.6. The monoisotopic (exact) mass is 384 g/mol. The Morgan fingerprint density at radius 2 is 2.00 bits per heavy atom. The van der Waals surface area contributed by atoms with Crippen LogP contribution in [-0.4, -0.2) is 40.9 Å². The van der Waals surface area contributed by atoms with Gasteiger partial charge in [0.2, 0.25) is 11.8 Å². The van der Waals surface area contributed by atoms with Crippen LogP contribution in [0.2, 0.25) is 0 Å². The molecule has 1 unspecified atom stereocenters. The lowest BCUT2D eigenvalue weighted by molar-refractivity contribution is -0.143. The molecule has 1 aliphatic heterocycles. The number of carboxylic acids is 1. The molecule has 0 spiro atoms. The van der Waals surface area contributed by atoms with Gasteiger partial charge in [0.1, 0.15) is 0 Å². The van der Waals surface area contributed by atoms with E-state index >= 15 is 0 Å². The third-order valence-electron chi connectivity index (χ3n) is 5.12. The van der Waals surface area contributed by atoms with Gasteiger partial charge in [-0.1, -0.05) is 12.1 Å². The van der Waals surface area contributed by atoms with Gasteiger partial charge in [-0.3, -0.25) is 14.4 Å². The van der Waals surface area contributed by atoms with Crippen LogP contribution in [0, 0.1) is 11.3 Å². The molecular weight excluding hydrogens is 365 g/mol. The fraction of sp³-hybridized carbons (Fsp3) is 0.500. The summed E-state index contributed by atoms with van der Waals surface area (Å²) in [7, 11) is 0. The molecule has 1 aromatic rings. The van der Waals surface area contributed by atoms with Crippen molar-refractivity contribution in [2.75, 3.05) is 13.1 Å². The van der Waals surface area contributed by atoms with E-state index in [-0.39, 0.29) is 32.0 Å². The van der Waals surface area contributed by atoms with Crippen molar-refractivity contribution in [1.29, 1.82) is 0 Å². The molecule has 0 radical (unpaired) electrons. The van der Waals surface area contributed by atoms with Crippen LogP contribution in [0.1, 0.15) is 30.4 Å². The predicted octanol–water partition coefficient (Wildman–Crippen LogP) is 2.03. The van der Waals surface area contributed by atoms with Gasteiger partial charge in [-0.25, -0.2) is 0 Å². The zero-order valence-electron chi connectivity index (χ0n) is 14.4. The van der Waals surface area contributed by atoms with E-state index < -0.39 is 34.9 Å². The van der Waals surface area contributed by atoms with Crippen molar-refractivity contribution in [3.8, 4) is 0 Å². The van der Waals surface area contributed by atoms with Crippen molar-refractivity contribution in [3.63, 3.8) is 0 Å². The van der Waals surface area contributed by atoms with Crippen LogP contribution in [0.3, 0.4) is 0 Å². The minimum Gasteiger partial charge on any atom is -0.481 e. The fourth-order valence-corrected chi connectivity index (χ4v) is 3.18. The van der Waals surface area contributed by atoms with Crippen molar-refractivity contribution in [3.05, 3.63) is 35.4 Å². The van der Waals surface area contributed by atoms with Gasteiger partial charge < -0.3 is 15.3 Å². The number of carboxylic acid groups (broad SMARTS) is 1. The van der Waals surface area contributed by atoms with Crippen LogP contribution in [0.25, 0.3) is 0 Å². The van der Waals surface area contributed by atoms with Crippen LogP contribution in [0.4, 0.5) is 13.2 Å². The van der Waals surface area contributed by atoms with E-state index in [9.17, 15) is 27.6 Å². The largest absolute Gasteiger partial charge is 0.481 e. The molecule has 1 aliphatic carbocycles. The van der Waals surface area contributed by atoms with Crippen LogP contribution < -0.4 is 5.32 Å². The lowest BCUT2D eigenvalue weighted by atomic mass is 10.1. The molecule has 9 heteroatoms. The van der Waals surface area contributed by atoms with E-state index in [1.807, 2.05) is 0 Å². The maximum Gasteiger partial charge on any atom is 0.416 e. The summed E-state index contributed by atoms with van der Waals surface area (Å²) in [6.07, 6.45) is -3.48. The van der Waals surface area contributed by atoms with Crippen LogP contribution >= 0.6 is 0 Å². The number of alkyl halides is 3. The molecule has 27 heavy (non-hydrogen) atoms. The van der Waals surface area contributed by atoms with Crippen molar-refractivity contribution >= 4 is 17.8 Å². The predicted molar refractivity (Wildman–Crippen MR) is 87.3 cm³/mol. The number of benzene rings is 1. The highest BCUT2D eigenvalue weighted by Gasteiger charge is 2.50. The van der Waals surface area contributed by atoms with E-state index in [0.717, 1.165) is 12.1 Å². The number of amides is 2. The summed E-state index contributed by atoms with van der Waals surface area (Å²) in [5.41, 5.74) is -1.35. The number of rotatable bonds is 6. The molecule has 2 fully saturated rings. The number of halogens is 3. The summed E-state index contributed by atoms with van der Waals surface area (Å²) in [5.74, 6) is -2.29. The van der Waals surface area contributed by atoms with Gasteiger partial charge in [-0.15, -0.1) is 0 Å². The van der Waals surface area contributed by atoms with Gasteiger partial charge in [0, 0.05) is 26.1 Å². The lowest BCUT2D eigenvalue weighted by Gasteiger charge is -2.18. The van der Waals surface area contributed by atoms with Crippen molar-refractivity contribution in [1.82, 2.24) is 10.2 Å². The van der Waals surface area contributed by atoms with E-state index in [4.69, 9.17) is 5.11 Å². The lowest BCUT2D eigenvalue weighted by Crippen LogP contribution is -2.38. The quantitative estimate of drug-likeness (QED) is 0.786. The van der Waals surface area contributed by atoms with Crippen molar-refractivity contribution < 1.29 is 32.7 Å². The van der Waals surface area contributed by atoms with Crippen molar-refractivity contribution in [2.45, 2.75) is 32.0 Å². The van der Waals surface area contributed by atoms with Gasteiger partial charge in [0.15, 0.2) is 0 Å². The molecule has 6 nitrogen and oxygen atoms in total. The average Bonchev–Trinajstić information content (AvgIpc) is 3.31. The van der Waals surface area contributed by atoms with Gasteiger partial charge >= 0.3 is 12.1 Å². The molecule has 1 aromatic carbocycles. The standard InChI is InChI=1S/C18H19F3N2O4/c19-18(20,21)13-3-1-2-11(6-13)8-23-9-12(7-14(23)24)15(25)22-10-17(4-5-17)16(26)27/h1-3,6,12H,4-5,7-10H2,(H,22,25)(H,26,27). The Morgan fingerprint density at radius 3 is 2.59 bits per heavy atom. The van der Waals surface area contributed by atoms with Crippen LogP contribution in [0.15, 0.2) is 24.3 Å². The number of nitrogens with zero attached hydrogens (tertiary/aromatic N) is 1. The van der Waals surface area contributed by atoms with E-state index in [1.165, 1.54) is 17.0 Å². The molecule has 2 amide bonds. The Hall–Kier alpha value is -2.58. The summed E-state index contributed by atoms with van der Waals surface area (Å²) in [6.45, 7) is 0.117. The maximum absolute atomic E-state index is 12.8. The zero-order chi connectivity index (χ0) is 19.8. The second-order valence-electron chi connectivity index (χ2n) is 7.18. The number of hydrogen-bond acceptors (Lipinski definition) is 3. The second kappa shape index (κ2) is 6.86. The first kappa shape index (κ1) is 19.2. The minimum absolute atomic E-state index is 0.00834. The van der Waals surface area contributed by atoms with Crippen LogP contribution in [-0.2, 0) is 27.1 Å². The highest BCUT2D eigenvalue weighted by atomic mass is 19.4. The van der Waals surface area contributed by atoms with E-state index in [1.54, 1.807) is 0 Å². The van der Waals surface area contributed by atoms with Gasteiger partial charge in [0.25, 0.3) is 0 Å². The first-order valence-corrected chi connectivity index (χ1v) is 8.56. The Morgan fingerprint density at radius 1 is 1.30 bits per heavy atom. The van der Waals surface area contributed by atoms with E-state index in [2.05, 4.69) is 5.32 Å².